The Balaban J connectivity index is 2.00. The lowest BCUT2D eigenvalue weighted by atomic mass is 9.87. The van der Waals surface area contributed by atoms with Crippen LogP contribution in [0, 0.1) is 0 Å². The van der Waals surface area contributed by atoms with Crippen LogP contribution in [0.4, 0.5) is 0 Å². The maximum atomic E-state index is 11.9. The summed E-state index contributed by atoms with van der Waals surface area (Å²) in [6, 6.07) is 14.4. The van der Waals surface area contributed by atoms with Crippen molar-refractivity contribution < 1.29 is 14.6 Å². The zero-order valence-electron chi connectivity index (χ0n) is 12.6. The summed E-state index contributed by atoms with van der Waals surface area (Å²) in [5.41, 5.74) is 2.44. The van der Waals surface area contributed by atoms with Gasteiger partial charge in [-0.3, -0.25) is 0 Å². The molecule has 3 nitrogen and oxygen atoms in total. The molecule has 0 fully saturated rings. The summed E-state index contributed by atoms with van der Waals surface area (Å²) in [6.07, 6.45) is 0. The summed E-state index contributed by atoms with van der Waals surface area (Å²) in [4.78, 5) is 11.9. The first-order valence-corrected chi connectivity index (χ1v) is 6.92. The van der Waals surface area contributed by atoms with Gasteiger partial charge in [-0.1, -0.05) is 57.2 Å². The minimum atomic E-state index is -0.520. The molecule has 0 bridgehead atoms. The number of rotatable bonds is 3. The third-order valence-corrected chi connectivity index (χ3v) is 3.31. The summed E-state index contributed by atoms with van der Waals surface area (Å²) >= 11 is 0. The van der Waals surface area contributed by atoms with Crippen LogP contribution in [0.3, 0.4) is 0 Å². The number of ether oxygens (including phenoxy) is 1. The van der Waals surface area contributed by atoms with Gasteiger partial charge in [0.15, 0.2) is 0 Å². The van der Waals surface area contributed by atoms with Crippen molar-refractivity contribution in [1.29, 1.82) is 0 Å². The molecule has 110 valence electrons. The second kappa shape index (κ2) is 6.00. The normalized spacial score (nSPS) is 11.2. The van der Waals surface area contributed by atoms with Crippen molar-refractivity contribution in [2.45, 2.75) is 32.8 Å². The number of hydrogen-bond acceptors (Lipinski definition) is 3. The van der Waals surface area contributed by atoms with Crippen LogP contribution >= 0.6 is 0 Å². The summed E-state index contributed by atoms with van der Waals surface area (Å²) in [5.74, 6) is -0.585. The maximum Gasteiger partial charge on any atom is 0.342 e. The predicted molar refractivity (Wildman–Crippen MR) is 82.4 cm³/mol. The standard InChI is InChI=1S/C18H20O3/c1-18(2,3)14-10-8-13(9-11-14)12-21-17(20)15-6-4-5-7-16(15)19/h4-11,19H,12H2,1-3H3. The molecule has 0 saturated heterocycles. The number of aromatic hydroxyl groups is 1. The number of esters is 1. The largest absolute Gasteiger partial charge is 0.507 e. The maximum absolute atomic E-state index is 11.9. The molecule has 0 amide bonds. The summed E-state index contributed by atoms with van der Waals surface area (Å²) in [6.45, 7) is 6.65. The molecule has 2 aromatic rings. The van der Waals surface area contributed by atoms with E-state index in [0.717, 1.165) is 5.56 Å². The van der Waals surface area contributed by atoms with Crippen LogP contribution < -0.4 is 0 Å². The molecule has 0 heterocycles. The zero-order valence-corrected chi connectivity index (χ0v) is 12.6. The summed E-state index contributed by atoms with van der Waals surface area (Å²) < 4.78 is 5.22. The van der Waals surface area contributed by atoms with Crippen LogP contribution in [-0.4, -0.2) is 11.1 Å². The lowest BCUT2D eigenvalue weighted by Gasteiger charge is -2.19. The molecule has 0 spiro atoms. The van der Waals surface area contributed by atoms with Crippen molar-refractivity contribution in [2.24, 2.45) is 0 Å². The Hall–Kier alpha value is -2.29. The minimum absolute atomic E-state index is 0.0643. The zero-order chi connectivity index (χ0) is 15.5. The monoisotopic (exact) mass is 284 g/mol. The molecule has 0 aliphatic rings. The van der Waals surface area contributed by atoms with E-state index in [1.807, 2.05) is 24.3 Å². The van der Waals surface area contributed by atoms with Gasteiger partial charge < -0.3 is 9.84 Å². The van der Waals surface area contributed by atoms with Gasteiger partial charge >= 0.3 is 5.97 Å². The van der Waals surface area contributed by atoms with E-state index in [4.69, 9.17) is 4.74 Å². The number of benzene rings is 2. The highest BCUT2D eigenvalue weighted by atomic mass is 16.5. The lowest BCUT2D eigenvalue weighted by molar-refractivity contribution is 0.0469. The Bertz CT molecular complexity index is 622. The first-order chi connectivity index (χ1) is 9.88. The Kier molecular flexibility index (Phi) is 4.32. The third-order valence-electron chi connectivity index (χ3n) is 3.31. The van der Waals surface area contributed by atoms with Crippen molar-refractivity contribution in [3.05, 3.63) is 65.2 Å². The minimum Gasteiger partial charge on any atom is -0.507 e. The molecule has 2 aromatic carbocycles. The van der Waals surface area contributed by atoms with Gasteiger partial charge in [0.05, 0.1) is 0 Å². The van der Waals surface area contributed by atoms with E-state index in [2.05, 4.69) is 20.8 Å². The van der Waals surface area contributed by atoms with Crippen LogP contribution in [0.2, 0.25) is 0 Å². The van der Waals surface area contributed by atoms with Crippen LogP contribution in [0.25, 0.3) is 0 Å². The first kappa shape index (κ1) is 15.1. The molecule has 0 radical (unpaired) electrons. The van der Waals surface area contributed by atoms with E-state index in [0.29, 0.717) is 0 Å². The highest BCUT2D eigenvalue weighted by Gasteiger charge is 2.14. The van der Waals surface area contributed by atoms with E-state index in [-0.39, 0.29) is 23.3 Å². The summed E-state index contributed by atoms with van der Waals surface area (Å²) in [5, 5.41) is 9.60. The smallest absolute Gasteiger partial charge is 0.342 e. The van der Waals surface area contributed by atoms with Crippen LogP contribution in [0.15, 0.2) is 48.5 Å². The Labute approximate surface area is 125 Å². The number of hydrogen-bond donors (Lipinski definition) is 1. The molecule has 1 N–H and O–H groups in total. The van der Waals surface area contributed by atoms with Crippen molar-refractivity contribution in [2.75, 3.05) is 0 Å². The van der Waals surface area contributed by atoms with Gasteiger partial charge in [-0.25, -0.2) is 4.79 Å². The van der Waals surface area contributed by atoms with Crippen molar-refractivity contribution in [3.63, 3.8) is 0 Å². The Morgan fingerprint density at radius 3 is 2.24 bits per heavy atom. The van der Waals surface area contributed by atoms with Gasteiger partial charge in [-0.05, 0) is 28.7 Å². The topological polar surface area (TPSA) is 46.5 Å². The molecule has 3 heteroatoms. The van der Waals surface area contributed by atoms with Crippen molar-refractivity contribution in [3.8, 4) is 5.75 Å². The molecule has 0 saturated carbocycles. The van der Waals surface area contributed by atoms with Gasteiger partial charge in [-0.2, -0.15) is 0 Å². The fraction of sp³-hybridized carbons (Fsp3) is 0.278. The summed E-state index contributed by atoms with van der Waals surface area (Å²) in [7, 11) is 0. The van der Waals surface area contributed by atoms with E-state index >= 15 is 0 Å². The van der Waals surface area contributed by atoms with Gasteiger partial charge in [0.2, 0.25) is 0 Å². The quantitative estimate of drug-likeness (QED) is 0.865. The second-order valence-corrected chi connectivity index (χ2v) is 6.04. The number of carbonyl (C=O) groups is 1. The lowest BCUT2D eigenvalue weighted by Crippen LogP contribution is -2.11. The number of phenols is 1. The highest BCUT2D eigenvalue weighted by Crippen LogP contribution is 2.22. The van der Waals surface area contributed by atoms with E-state index < -0.39 is 5.97 Å². The van der Waals surface area contributed by atoms with Gasteiger partial charge in [0, 0.05) is 0 Å². The number of carbonyl (C=O) groups excluding carboxylic acids is 1. The second-order valence-electron chi connectivity index (χ2n) is 6.04. The number of para-hydroxylation sites is 1. The SMILES string of the molecule is CC(C)(C)c1ccc(COC(=O)c2ccccc2O)cc1. The number of phenolic OH excluding ortho intramolecular Hbond substituents is 1. The first-order valence-electron chi connectivity index (χ1n) is 6.92. The van der Waals surface area contributed by atoms with E-state index in [1.54, 1.807) is 18.2 Å². The average Bonchev–Trinajstić information content (AvgIpc) is 2.45. The van der Waals surface area contributed by atoms with E-state index in [1.165, 1.54) is 11.6 Å². The molecule has 21 heavy (non-hydrogen) atoms. The van der Waals surface area contributed by atoms with Gasteiger partial charge in [-0.15, -0.1) is 0 Å². The Morgan fingerprint density at radius 2 is 1.67 bits per heavy atom. The molecule has 0 aliphatic heterocycles. The Morgan fingerprint density at radius 1 is 1.05 bits per heavy atom. The van der Waals surface area contributed by atoms with Crippen LogP contribution in [0.1, 0.15) is 42.3 Å². The molecule has 0 aromatic heterocycles. The molecule has 2 rings (SSSR count). The van der Waals surface area contributed by atoms with Gasteiger partial charge in [0.1, 0.15) is 17.9 Å². The molecular formula is C18H20O3. The fourth-order valence-corrected chi connectivity index (χ4v) is 1.97. The van der Waals surface area contributed by atoms with Crippen LogP contribution in [0.5, 0.6) is 5.75 Å². The molecule has 0 atom stereocenters. The molecular weight excluding hydrogens is 264 g/mol. The van der Waals surface area contributed by atoms with Gasteiger partial charge in [0.25, 0.3) is 0 Å². The van der Waals surface area contributed by atoms with E-state index in [9.17, 15) is 9.90 Å². The van der Waals surface area contributed by atoms with Crippen molar-refractivity contribution >= 4 is 5.97 Å². The van der Waals surface area contributed by atoms with Crippen molar-refractivity contribution in [1.82, 2.24) is 0 Å². The predicted octanol–water partition coefficient (Wildman–Crippen LogP) is 4.05. The average molecular weight is 284 g/mol. The molecule has 0 unspecified atom stereocenters. The van der Waals surface area contributed by atoms with Crippen LogP contribution in [-0.2, 0) is 16.8 Å². The fourth-order valence-electron chi connectivity index (χ4n) is 1.97. The third kappa shape index (κ3) is 3.85. The highest BCUT2D eigenvalue weighted by molar-refractivity contribution is 5.92. The molecule has 0 aliphatic carbocycles.